The number of hydrogen-bond acceptors (Lipinski definition) is 7. The first-order valence-corrected chi connectivity index (χ1v) is 12.4. The molecule has 0 radical (unpaired) electrons. The van der Waals surface area contributed by atoms with Crippen LogP contribution >= 0.6 is 11.6 Å². The fraction of sp³-hybridized carbons (Fsp3) is 0.318. The van der Waals surface area contributed by atoms with E-state index >= 15 is 0 Å². The quantitative estimate of drug-likeness (QED) is 0.446. The molecule has 0 aromatic heterocycles. The summed E-state index contributed by atoms with van der Waals surface area (Å²) in [7, 11) is -3.77. The molecule has 2 fully saturated rings. The lowest BCUT2D eigenvalue weighted by Gasteiger charge is -2.26. The van der Waals surface area contributed by atoms with E-state index in [-0.39, 0.29) is 30.0 Å². The van der Waals surface area contributed by atoms with Gasteiger partial charge in [-0.2, -0.15) is 4.31 Å². The van der Waals surface area contributed by atoms with E-state index in [4.69, 9.17) is 16.3 Å². The zero-order valence-corrected chi connectivity index (χ0v) is 19.9. The fourth-order valence-electron chi connectivity index (χ4n) is 3.79. The lowest BCUT2D eigenvalue weighted by Crippen LogP contribution is -2.48. The van der Waals surface area contributed by atoms with Crippen LogP contribution in [0.2, 0.25) is 5.02 Å². The molecule has 2 aromatic rings. The second kappa shape index (κ2) is 9.80. The van der Waals surface area contributed by atoms with E-state index in [2.05, 4.69) is 10.9 Å². The zero-order valence-electron chi connectivity index (χ0n) is 18.3. The second-order valence-corrected chi connectivity index (χ2v) is 10.2. The Labute approximate surface area is 201 Å². The van der Waals surface area contributed by atoms with Crippen molar-refractivity contribution in [3.63, 3.8) is 0 Å². The van der Waals surface area contributed by atoms with Crippen LogP contribution in [-0.4, -0.2) is 62.8 Å². The molecule has 34 heavy (non-hydrogen) atoms. The Morgan fingerprint density at radius 3 is 2.56 bits per heavy atom. The topological polar surface area (TPSA) is 125 Å². The summed E-state index contributed by atoms with van der Waals surface area (Å²) < 4.78 is 32.2. The largest absolute Gasteiger partial charge is 0.379 e. The molecule has 2 aromatic carbocycles. The van der Waals surface area contributed by atoms with E-state index in [1.165, 1.54) is 28.6 Å². The number of imide groups is 1. The standard InChI is InChI=1S/C22H23ClN4O6S/c1-14-17(23)6-3-7-19(14)27-20(28)13-18(22(27)30)24-25-21(29)15-4-2-5-16(12-15)34(31,32)26-8-10-33-11-9-26/h2-7,12,18,24H,8-11,13H2,1H3,(H,25,29)/t18-/m1/s1. The van der Waals surface area contributed by atoms with Crippen molar-refractivity contribution in [2.45, 2.75) is 24.3 Å². The van der Waals surface area contributed by atoms with Gasteiger partial charge < -0.3 is 4.74 Å². The fourth-order valence-corrected chi connectivity index (χ4v) is 5.42. The molecule has 2 heterocycles. The molecular weight excluding hydrogens is 484 g/mol. The van der Waals surface area contributed by atoms with Crippen molar-refractivity contribution < 1.29 is 27.5 Å². The van der Waals surface area contributed by atoms with Crippen LogP contribution in [0, 0.1) is 6.92 Å². The Bertz CT molecular complexity index is 1250. The van der Waals surface area contributed by atoms with Crippen molar-refractivity contribution in [3.8, 4) is 0 Å². The third-order valence-corrected chi connectivity index (χ3v) is 7.99. The second-order valence-electron chi connectivity index (χ2n) is 7.85. The average Bonchev–Trinajstić information content (AvgIpc) is 3.12. The van der Waals surface area contributed by atoms with Gasteiger partial charge >= 0.3 is 0 Å². The van der Waals surface area contributed by atoms with E-state index in [0.29, 0.717) is 29.5 Å². The number of nitrogens with zero attached hydrogens (tertiary/aromatic N) is 2. The molecule has 10 nitrogen and oxygen atoms in total. The minimum absolute atomic E-state index is 0.0169. The highest BCUT2D eigenvalue weighted by Crippen LogP contribution is 2.30. The average molecular weight is 507 g/mol. The number of carbonyl (C=O) groups is 3. The van der Waals surface area contributed by atoms with E-state index in [1.54, 1.807) is 25.1 Å². The van der Waals surface area contributed by atoms with E-state index in [1.807, 2.05) is 0 Å². The van der Waals surface area contributed by atoms with Crippen LogP contribution in [0.3, 0.4) is 0 Å². The number of ether oxygens (including phenoxy) is 1. The highest BCUT2D eigenvalue weighted by atomic mass is 35.5. The normalized spacial score (nSPS) is 19.5. The number of amides is 3. The maximum atomic E-state index is 12.9. The first-order valence-electron chi connectivity index (χ1n) is 10.6. The molecule has 180 valence electrons. The third kappa shape index (κ3) is 4.70. The van der Waals surface area contributed by atoms with Crippen molar-refractivity contribution in [1.29, 1.82) is 0 Å². The lowest BCUT2D eigenvalue weighted by atomic mass is 10.2. The molecule has 12 heteroatoms. The first-order chi connectivity index (χ1) is 16.2. The predicted molar refractivity (Wildman–Crippen MR) is 124 cm³/mol. The van der Waals surface area contributed by atoms with E-state index in [0.717, 1.165) is 4.90 Å². The number of anilines is 1. The molecule has 0 aliphatic carbocycles. The van der Waals surface area contributed by atoms with Gasteiger partial charge in [-0.3, -0.25) is 19.8 Å². The minimum Gasteiger partial charge on any atom is -0.379 e. The summed E-state index contributed by atoms with van der Waals surface area (Å²) in [5, 5.41) is 0.426. The molecule has 0 spiro atoms. The van der Waals surface area contributed by atoms with Crippen LogP contribution in [0.4, 0.5) is 5.69 Å². The SMILES string of the molecule is Cc1c(Cl)cccc1N1C(=O)C[C@@H](NNC(=O)c2cccc(S(=O)(=O)N3CCOCC3)c2)C1=O. The van der Waals surface area contributed by atoms with Crippen molar-refractivity contribution in [1.82, 2.24) is 15.2 Å². The van der Waals surface area contributed by atoms with E-state index < -0.39 is 33.8 Å². The van der Waals surface area contributed by atoms with Crippen LogP contribution in [-0.2, 0) is 24.3 Å². The van der Waals surface area contributed by atoms with Gasteiger partial charge in [0, 0.05) is 23.7 Å². The number of hydrogen-bond donors (Lipinski definition) is 2. The Morgan fingerprint density at radius 1 is 1.12 bits per heavy atom. The molecule has 4 rings (SSSR count). The molecule has 2 saturated heterocycles. The smallest absolute Gasteiger partial charge is 0.265 e. The number of sulfonamides is 1. The Hall–Kier alpha value is -2.83. The Morgan fingerprint density at radius 2 is 1.82 bits per heavy atom. The number of benzene rings is 2. The summed E-state index contributed by atoms with van der Waals surface area (Å²) in [6.45, 7) is 2.80. The zero-order chi connectivity index (χ0) is 24.5. The number of carbonyl (C=O) groups excluding carboxylic acids is 3. The Balaban J connectivity index is 1.44. The van der Waals surface area contributed by atoms with Gasteiger partial charge in [-0.25, -0.2) is 18.7 Å². The first kappa shape index (κ1) is 24.3. The van der Waals surface area contributed by atoms with Crippen molar-refractivity contribution in [2.75, 3.05) is 31.2 Å². The van der Waals surface area contributed by atoms with Crippen LogP contribution in [0.1, 0.15) is 22.3 Å². The number of hydrazine groups is 1. The van der Waals surface area contributed by atoms with Gasteiger partial charge in [-0.05, 0) is 42.8 Å². The van der Waals surface area contributed by atoms with Gasteiger partial charge in [0.1, 0.15) is 6.04 Å². The maximum absolute atomic E-state index is 12.9. The summed E-state index contributed by atoms with van der Waals surface area (Å²) >= 11 is 6.12. The van der Waals surface area contributed by atoms with Gasteiger partial charge in [0.2, 0.25) is 15.9 Å². The molecule has 2 aliphatic rings. The summed E-state index contributed by atoms with van der Waals surface area (Å²) in [6.07, 6.45) is -0.156. The van der Waals surface area contributed by atoms with Gasteiger partial charge in [0.05, 0.1) is 30.2 Å². The van der Waals surface area contributed by atoms with Crippen LogP contribution in [0.15, 0.2) is 47.4 Å². The highest BCUT2D eigenvalue weighted by molar-refractivity contribution is 7.89. The van der Waals surface area contributed by atoms with Gasteiger partial charge in [-0.15, -0.1) is 0 Å². The highest BCUT2D eigenvalue weighted by Gasteiger charge is 2.40. The van der Waals surface area contributed by atoms with Crippen LogP contribution in [0.25, 0.3) is 0 Å². The van der Waals surface area contributed by atoms with Crippen LogP contribution < -0.4 is 15.8 Å². The lowest BCUT2D eigenvalue weighted by molar-refractivity contribution is -0.121. The minimum atomic E-state index is -3.77. The summed E-state index contributed by atoms with van der Waals surface area (Å²) in [4.78, 5) is 39.0. The number of morpholine rings is 1. The Kier molecular flexibility index (Phi) is 7.01. The summed E-state index contributed by atoms with van der Waals surface area (Å²) in [5.74, 6) is -1.60. The van der Waals surface area contributed by atoms with Gasteiger partial charge in [0.15, 0.2) is 0 Å². The molecule has 0 saturated carbocycles. The number of halogens is 1. The van der Waals surface area contributed by atoms with Gasteiger partial charge in [-0.1, -0.05) is 23.7 Å². The monoisotopic (exact) mass is 506 g/mol. The van der Waals surface area contributed by atoms with Gasteiger partial charge in [0.25, 0.3) is 11.8 Å². The van der Waals surface area contributed by atoms with Crippen molar-refractivity contribution >= 4 is 45.0 Å². The van der Waals surface area contributed by atoms with E-state index in [9.17, 15) is 22.8 Å². The summed E-state index contributed by atoms with van der Waals surface area (Å²) in [6, 6.07) is 9.56. The van der Waals surface area contributed by atoms with Crippen LogP contribution in [0.5, 0.6) is 0 Å². The number of rotatable bonds is 6. The molecule has 0 bridgehead atoms. The molecule has 0 unspecified atom stereocenters. The summed E-state index contributed by atoms with van der Waals surface area (Å²) in [5.41, 5.74) is 6.06. The molecule has 2 N–H and O–H groups in total. The third-order valence-electron chi connectivity index (χ3n) is 5.69. The number of nitrogens with one attached hydrogen (secondary N) is 2. The van der Waals surface area contributed by atoms with Crippen molar-refractivity contribution in [2.24, 2.45) is 0 Å². The molecular formula is C22H23ClN4O6S. The molecule has 2 aliphatic heterocycles. The molecule has 1 atom stereocenters. The molecule has 3 amide bonds. The predicted octanol–water partition coefficient (Wildman–Crippen LogP) is 1.24. The van der Waals surface area contributed by atoms with Crippen molar-refractivity contribution in [3.05, 3.63) is 58.6 Å². The maximum Gasteiger partial charge on any atom is 0.265 e.